The molecular formula is C10H9ClOS. The second-order valence-corrected chi connectivity index (χ2v) is 4.78. The Bertz CT molecular complexity index is 320. The third-order valence-corrected chi connectivity index (χ3v) is 3.68. The van der Waals surface area contributed by atoms with Crippen molar-refractivity contribution < 1.29 is 4.79 Å². The van der Waals surface area contributed by atoms with Crippen molar-refractivity contribution in [2.75, 3.05) is 0 Å². The van der Waals surface area contributed by atoms with Crippen LogP contribution >= 0.6 is 23.4 Å². The van der Waals surface area contributed by atoms with E-state index >= 15 is 0 Å². The van der Waals surface area contributed by atoms with Gasteiger partial charge in [-0.15, -0.1) is 11.8 Å². The van der Waals surface area contributed by atoms with Gasteiger partial charge in [0.05, 0.1) is 5.25 Å². The highest BCUT2D eigenvalue weighted by atomic mass is 35.5. The highest BCUT2D eigenvalue weighted by molar-refractivity contribution is 8.00. The van der Waals surface area contributed by atoms with Gasteiger partial charge in [0.1, 0.15) is 5.78 Å². The SMILES string of the molecule is O=C1CC[C@@H]1Sc1ccc(Cl)cc1. The maximum Gasteiger partial charge on any atom is 0.146 e. The molecule has 1 aliphatic carbocycles. The lowest BCUT2D eigenvalue weighted by atomic mass is 9.98. The Kier molecular flexibility index (Phi) is 2.61. The molecule has 0 saturated heterocycles. The van der Waals surface area contributed by atoms with E-state index < -0.39 is 0 Å². The van der Waals surface area contributed by atoms with Gasteiger partial charge in [0, 0.05) is 16.3 Å². The Morgan fingerprint density at radius 3 is 2.46 bits per heavy atom. The van der Waals surface area contributed by atoms with Crippen molar-refractivity contribution in [2.24, 2.45) is 0 Å². The van der Waals surface area contributed by atoms with E-state index in [4.69, 9.17) is 11.6 Å². The van der Waals surface area contributed by atoms with Crippen LogP contribution in [-0.4, -0.2) is 11.0 Å². The van der Waals surface area contributed by atoms with Gasteiger partial charge in [-0.25, -0.2) is 0 Å². The van der Waals surface area contributed by atoms with Crippen LogP contribution in [0.1, 0.15) is 12.8 Å². The van der Waals surface area contributed by atoms with E-state index in [9.17, 15) is 4.79 Å². The summed E-state index contributed by atoms with van der Waals surface area (Å²) in [6.45, 7) is 0. The van der Waals surface area contributed by atoms with Crippen LogP contribution in [0.2, 0.25) is 5.02 Å². The summed E-state index contributed by atoms with van der Waals surface area (Å²) in [5.41, 5.74) is 0. The van der Waals surface area contributed by atoms with E-state index in [2.05, 4.69) is 0 Å². The van der Waals surface area contributed by atoms with E-state index in [-0.39, 0.29) is 5.25 Å². The molecule has 2 rings (SSSR count). The Balaban J connectivity index is 2.01. The predicted octanol–water partition coefficient (Wildman–Crippen LogP) is 3.16. The lowest BCUT2D eigenvalue weighted by Crippen LogP contribution is -2.27. The van der Waals surface area contributed by atoms with Crippen LogP contribution in [0.3, 0.4) is 0 Å². The third-order valence-electron chi connectivity index (χ3n) is 2.10. The van der Waals surface area contributed by atoms with Gasteiger partial charge >= 0.3 is 0 Å². The zero-order valence-corrected chi connectivity index (χ0v) is 8.57. The van der Waals surface area contributed by atoms with Gasteiger partial charge in [0.25, 0.3) is 0 Å². The second kappa shape index (κ2) is 3.72. The van der Waals surface area contributed by atoms with Crippen LogP contribution < -0.4 is 0 Å². The zero-order chi connectivity index (χ0) is 9.26. The van der Waals surface area contributed by atoms with Gasteiger partial charge in [-0.2, -0.15) is 0 Å². The van der Waals surface area contributed by atoms with Gasteiger partial charge in [-0.3, -0.25) is 4.79 Å². The normalized spacial score (nSPS) is 21.3. The Morgan fingerprint density at radius 1 is 1.31 bits per heavy atom. The first kappa shape index (κ1) is 9.10. The van der Waals surface area contributed by atoms with Crippen LogP contribution in [0, 0.1) is 0 Å². The molecule has 1 aromatic rings. The molecule has 1 aliphatic rings. The summed E-state index contributed by atoms with van der Waals surface area (Å²) in [4.78, 5) is 12.2. The maximum atomic E-state index is 11.1. The average molecular weight is 213 g/mol. The number of thioether (sulfide) groups is 1. The number of halogens is 1. The molecule has 0 aliphatic heterocycles. The minimum Gasteiger partial charge on any atom is -0.298 e. The Morgan fingerprint density at radius 2 is 2.00 bits per heavy atom. The van der Waals surface area contributed by atoms with Gasteiger partial charge in [-0.1, -0.05) is 11.6 Å². The first-order chi connectivity index (χ1) is 6.25. The number of benzene rings is 1. The van der Waals surface area contributed by atoms with Crippen LogP contribution in [0.25, 0.3) is 0 Å². The van der Waals surface area contributed by atoms with Crippen molar-refractivity contribution in [2.45, 2.75) is 23.0 Å². The minimum atomic E-state index is 0.196. The molecule has 13 heavy (non-hydrogen) atoms. The summed E-state index contributed by atoms with van der Waals surface area (Å²) >= 11 is 7.39. The van der Waals surface area contributed by atoms with E-state index in [1.54, 1.807) is 11.8 Å². The number of hydrogen-bond donors (Lipinski definition) is 0. The van der Waals surface area contributed by atoms with Crippen LogP contribution in [0.4, 0.5) is 0 Å². The molecule has 1 nitrogen and oxygen atoms in total. The predicted molar refractivity (Wildman–Crippen MR) is 55.3 cm³/mol. The van der Waals surface area contributed by atoms with E-state index in [1.165, 1.54) is 0 Å². The number of Topliss-reactive ketones (excluding diaryl/α,β-unsaturated/α-hetero) is 1. The fourth-order valence-corrected chi connectivity index (χ4v) is 2.41. The number of carbonyl (C=O) groups is 1. The summed E-state index contributed by atoms with van der Waals surface area (Å²) in [7, 11) is 0. The number of hydrogen-bond acceptors (Lipinski definition) is 2. The molecule has 0 heterocycles. The summed E-state index contributed by atoms with van der Waals surface area (Å²) in [5, 5.41) is 0.936. The highest BCUT2D eigenvalue weighted by Crippen LogP contribution is 2.34. The molecule has 0 N–H and O–H groups in total. The Labute approximate surface area is 86.5 Å². The molecule has 0 unspecified atom stereocenters. The summed E-state index contributed by atoms with van der Waals surface area (Å²) in [6.07, 6.45) is 1.78. The number of ketones is 1. The lowest BCUT2D eigenvalue weighted by Gasteiger charge is -2.22. The molecule has 0 aromatic heterocycles. The fraction of sp³-hybridized carbons (Fsp3) is 0.300. The van der Waals surface area contributed by atoms with Crippen LogP contribution in [0.15, 0.2) is 29.2 Å². The summed E-state index contributed by atoms with van der Waals surface area (Å²) < 4.78 is 0. The largest absolute Gasteiger partial charge is 0.298 e. The third kappa shape index (κ3) is 2.06. The van der Waals surface area contributed by atoms with E-state index in [1.807, 2.05) is 24.3 Å². The van der Waals surface area contributed by atoms with Crippen molar-refractivity contribution in [3.8, 4) is 0 Å². The maximum absolute atomic E-state index is 11.1. The molecule has 0 spiro atoms. The molecule has 0 radical (unpaired) electrons. The average Bonchev–Trinajstić information content (AvgIpc) is 2.15. The summed E-state index contributed by atoms with van der Waals surface area (Å²) in [6, 6.07) is 7.62. The van der Waals surface area contributed by atoms with Gasteiger partial charge < -0.3 is 0 Å². The van der Waals surface area contributed by atoms with Gasteiger partial charge in [0.2, 0.25) is 0 Å². The first-order valence-corrected chi connectivity index (χ1v) is 5.46. The molecule has 1 fully saturated rings. The van der Waals surface area contributed by atoms with Crippen molar-refractivity contribution in [1.82, 2.24) is 0 Å². The van der Waals surface area contributed by atoms with Gasteiger partial charge in [0.15, 0.2) is 0 Å². The van der Waals surface area contributed by atoms with Gasteiger partial charge in [-0.05, 0) is 30.7 Å². The quantitative estimate of drug-likeness (QED) is 0.749. The first-order valence-electron chi connectivity index (χ1n) is 4.20. The highest BCUT2D eigenvalue weighted by Gasteiger charge is 2.28. The fourth-order valence-electron chi connectivity index (χ4n) is 1.18. The molecule has 1 atom stereocenters. The molecule has 0 bridgehead atoms. The number of rotatable bonds is 2. The molecular weight excluding hydrogens is 204 g/mol. The van der Waals surface area contributed by atoms with Crippen molar-refractivity contribution in [1.29, 1.82) is 0 Å². The molecule has 1 aromatic carbocycles. The van der Waals surface area contributed by atoms with Crippen LogP contribution in [0.5, 0.6) is 0 Å². The molecule has 68 valence electrons. The lowest BCUT2D eigenvalue weighted by molar-refractivity contribution is -0.122. The Hall–Kier alpha value is -0.470. The summed E-state index contributed by atoms with van der Waals surface area (Å²) in [5.74, 6) is 0.375. The monoisotopic (exact) mass is 212 g/mol. The van der Waals surface area contributed by atoms with E-state index in [0.29, 0.717) is 5.78 Å². The van der Waals surface area contributed by atoms with Crippen molar-refractivity contribution >= 4 is 29.1 Å². The van der Waals surface area contributed by atoms with Crippen LogP contribution in [-0.2, 0) is 4.79 Å². The molecule has 0 amide bonds. The molecule has 3 heteroatoms. The van der Waals surface area contributed by atoms with Crippen molar-refractivity contribution in [3.63, 3.8) is 0 Å². The standard InChI is InChI=1S/C10H9ClOS/c11-7-1-3-8(4-2-7)13-10-6-5-9(10)12/h1-4,10H,5-6H2/t10-/m0/s1. The van der Waals surface area contributed by atoms with E-state index in [0.717, 1.165) is 22.8 Å². The topological polar surface area (TPSA) is 17.1 Å². The zero-order valence-electron chi connectivity index (χ0n) is 7.00. The molecule has 1 saturated carbocycles. The minimum absolute atomic E-state index is 0.196. The van der Waals surface area contributed by atoms with Crippen molar-refractivity contribution in [3.05, 3.63) is 29.3 Å². The smallest absolute Gasteiger partial charge is 0.146 e. The number of carbonyl (C=O) groups excluding carboxylic acids is 1. The second-order valence-electron chi connectivity index (χ2n) is 3.07.